The fourth-order valence-corrected chi connectivity index (χ4v) is 4.84. The monoisotopic (exact) mass is 447 g/mol. The van der Waals surface area contributed by atoms with Gasteiger partial charge in [0, 0.05) is 74.7 Å². The van der Waals surface area contributed by atoms with Gasteiger partial charge in [0.2, 0.25) is 5.91 Å². The van der Waals surface area contributed by atoms with E-state index in [2.05, 4.69) is 20.2 Å². The van der Waals surface area contributed by atoms with Crippen LogP contribution in [-0.2, 0) is 4.79 Å². The van der Waals surface area contributed by atoms with Crippen molar-refractivity contribution in [3.63, 3.8) is 0 Å². The molecule has 0 aliphatic carbocycles. The number of nitrogens with one attached hydrogen (secondary N) is 1. The van der Waals surface area contributed by atoms with Crippen LogP contribution in [0.4, 0.5) is 18.9 Å². The Kier molecular flexibility index (Phi) is 6.37. The molecule has 2 aromatic rings. The summed E-state index contributed by atoms with van der Waals surface area (Å²) in [5.74, 6) is -1.40. The van der Waals surface area contributed by atoms with E-state index in [4.69, 9.17) is 0 Å². The summed E-state index contributed by atoms with van der Waals surface area (Å²) < 4.78 is 41.3. The largest absolute Gasteiger partial charge is 0.393 e. The first-order valence-corrected chi connectivity index (χ1v) is 10.8. The van der Waals surface area contributed by atoms with Gasteiger partial charge in [-0.1, -0.05) is 0 Å². The van der Waals surface area contributed by atoms with E-state index < -0.39 is 18.1 Å². The van der Waals surface area contributed by atoms with Gasteiger partial charge < -0.3 is 15.1 Å². The van der Waals surface area contributed by atoms with Crippen molar-refractivity contribution < 1.29 is 18.0 Å². The maximum Gasteiger partial charge on any atom is 0.393 e. The number of likely N-dealkylation sites (tertiary alicyclic amines) is 1. The predicted molar refractivity (Wildman–Crippen MR) is 119 cm³/mol. The number of halogens is 3. The van der Waals surface area contributed by atoms with Crippen molar-refractivity contribution in [3.05, 3.63) is 36.0 Å². The van der Waals surface area contributed by atoms with Gasteiger partial charge in [0.05, 0.1) is 11.4 Å². The first kappa shape index (κ1) is 22.5. The number of aromatic nitrogens is 1. The molecule has 0 spiro atoms. The number of fused-ring (bicyclic) bond motifs is 1. The Hall–Kier alpha value is -2.68. The first-order chi connectivity index (χ1) is 15.2. The zero-order valence-electron chi connectivity index (χ0n) is 18.3. The SMILES string of the molecule is CN=Cc1ccc(N2CC(NC(=O)CC3CN(C)C3)CC(C(F)(F)F)C2)c2cccnc12. The molecular formula is C23H28F3N5O. The molecule has 3 heterocycles. The molecule has 0 saturated carbocycles. The van der Waals surface area contributed by atoms with Crippen LogP contribution in [0.3, 0.4) is 0 Å². The Morgan fingerprint density at radius 2 is 2.03 bits per heavy atom. The highest BCUT2D eigenvalue weighted by Gasteiger charge is 2.45. The molecule has 2 aliphatic heterocycles. The standard InChI is InChI=1S/C23H28F3N5O/c1-27-10-16-5-6-20(19-4-3-7-28-22(16)19)31-13-17(23(24,25)26)9-18(14-31)29-21(32)8-15-11-30(2)12-15/h3-7,10,15,17-18H,8-9,11-14H2,1-2H3,(H,29,32). The van der Waals surface area contributed by atoms with Gasteiger partial charge in [0.25, 0.3) is 0 Å². The number of carbonyl (C=O) groups is 1. The van der Waals surface area contributed by atoms with E-state index >= 15 is 0 Å². The first-order valence-electron chi connectivity index (χ1n) is 10.8. The van der Waals surface area contributed by atoms with E-state index in [1.54, 1.807) is 30.4 Å². The minimum absolute atomic E-state index is 0.104. The molecule has 4 rings (SSSR count). The molecule has 2 fully saturated rings. The summed E-state index contributed by atoms with van der Waals surface area (Å²) in [6, 6.07) is 6.73. The maximum absolute atomic E-state index is 13.8. The summed E-state index contributed by atoms with van der Waals surface area (Å²) in [6.45, 7) is 1.88. The average Bonchev–Trinajstić information content (AvgIpc) is 2.72. The summed E-state index contributed by atoms with van der Waals surface area (Å²) in [5, 5.41) is 3.65. The van der Waals surface area contributed by atoms with E-state index in [-0.39, 0.29) is 24.8 Å². The molecule has 0 bridgehead atoms. The number of rotatable bonds is 5. The van der Waals surface area contributed by atoms with Crippen LogP contribution >= 0.6 is 0 Å². The smallest absolute Gasteiger partial charge is 0.368 e. The number of hydrogen-bond acceptors (Lipinski definition) is 5. The van der Waals surface area contributed by atoms with E-state index in [1.165, 1.54) is 0 Å². The lowest BCUT2D eigenvalue weighted by molar-refractivity contribution is -0.178. The van der Waals surface area contributed by atoms with Crippen molar-refractivity contribution >= 4 is 28.7 Å². The van der Waals surface area contributed by atoms with Crippen LogP contribution in [0.15, 0.2) is 35.5 Å². The topological polar surface area (TPSA) is 60.8 Å². The number of anilines is 1. The second-order valence-corrected chi connectivity index (χ2v) is 8.90. The number of amides is 1. The molecule has 1 aromatic heterocycles. The molecule has 1 N–H and O–H groups in total. The molecule has 2 aliphatic rings. The molecule has 9 heteroatoms. The van der Waals surface area contributed by atoms with Crippen LogP contribution in [0.1, 0.15) is 18.4 Å². The zero-order valence-corrected chi connectivity index (χ0v) is 18.3. The quantitative estimate of drug-likeness (QED) is 0.716. The number of pyridine rings is 1. The number of aliphatic imine (C=N–C) groups is 1. The second kappa shape index (κ2) is 9.05. The van der Waals surface area contributed by atoms with Gasteiger partial charge in [-0.3, -0.25) is 14.8 Å². The van der Waals surface area contributed by atoms with Gasteiger partial charge in [-0.05, 0) is 43.7 Å². The third-order valence-electron chi connectivity index (χ3n) is 6.28. The summed E-state index contributed by atoms with van der Waals surface area (Å²) in [5.41, 5.74) is 2.20. The molecule has 2 saturated heterocycles. The molecule has 2 unspecified atom stereocenters. The highest BCUT2D eigenvalue weighted by atomic mass is 19.4. The van der Waals surface area contributed by atoms with Crippen molar-refractivity contribution in [3.8, 4) is 0 Å². The molecular weight excluding hydrogens is 419 g/mol. The lowest BCUT2D eigenvalue weighted by Crippen LogP contribution is -2.54. The molecule has 172 valence electrons. The lowest BCUT2D eigenvalue weighted by Gasteiger charge is -2.41. The van der Waals surface area contributed by atoms with Crippen LogP contribution in [0.2, 0.25) is 0 Å². The fraction of sp³-hybridized carbons (Fsp3) is 0.522. The van der Waals surface area contributed by atoms with Gasteiger partial charge in [-0.25, -0.2) is 0 Å². The lowest BCUT2D eigenvalue weighted by atomic mass is 9.91. The molecule has 32 heavy (non-hydrogen) atoms. The fourth-order valence-electron chi connectivity index (χ4n) is 4.84. The Balaban J connectivity index is 1.58. The van der Waals surface area contributed by atoms with E-state index in [0.29, 0.717) is 24.2 Å². The Morgan fingerprint density at radius 3 is 2.72 bits per heavy atom. The molecule has 1 amide bonds. The predicted octanol–water partition coefficient (Wildman–Crippen LogP) is 3.11. The zero-order chi connectivity index (χ0) is 22.9. The normalized spacial score (nSPS) is 23.0. The Bertz CT molecular complexity index is 1000. The highest BCUT2D eigenvalue weighted by molar-refractivity contribution is 6.03. The van der Waals surface area contributed by atoms with Gasteiger partial charge in [-0.15, -0.1) is 0 Å². The summed E-state index contributed by atoms with van der Waals surface area (Å²) in [6.07, 6.45) is -0.729. The van der Waals surface area contributed by atoms with Crippen LogP contribution in [0.5, 0.6) is 0 Å². The van der Waals surface area contributed by atoms with Crippen LogP contribution in [-0.4, -0.2) is 74.5 Å². The van der Waals surface area contributed by atoms with Crippen LogP contribution in [0.25, 0.3) is 10.9 Å². The average molecular weight is 448 g/mol. The van der Waals surface area contributed by atoms with Crippen molar-refractivity contribution in [1.82, 2.24) is 15.2 Å². The van der Waals surface area contributed by atoms with Gasteiger partial charge in [-0.2, -0.15) is 13.2 Å². The second-order valence-electron chi connectivity index (χ2n) is 8.90. The van der Waals surface area contributed by atoms with Crippen LogP contribution in [0, 0.1) is 11.8 Å². The number of piperidine rings is 1. The Labute approximate surface area is 185 Å². The van der Waals surface area contributed by atoms with Crippen molar-refractivity contribution in [2.24, 2.45) is 16.8 Å². The number of alkyl halides is 3. The third kappa shape index (κ3) is 4.87. The number of hydrogen-bond donors (Lipinski definition) is 1. The number of benzene rings is 1. The summed E-state index contributed by atoms with van der Waals surface area (Å²) >= 11 is 0. The van der Waals surface area contributed by atoms with Crippen LogP contribution < -0.4 is 10.2 Å². The molecule has 0 radical (unpaired) electrons. The van der Waals surface area contributed by atoms with E-state index in [1.807, 2.05) is 25.2 Å². The van der Waals surface area contributed by atoms with E-state index in [0.717, 1.165) is 24.0 Å². The third-order valence-corrected chi connectivity index (χ3v) is 6.28. The Morgan fingerprint density at radius 1 is 1.25 bits per heavy atom. The molecule has 1 aromatic carbocycles. The molecule has 2 atom stereocenters. The minimum Gasteiger partial charge on any atom is -0.368 e. The summed E-state index contributed by atoms with van der Waals surface area (Å²) in [7, 11) is 3.65. The van der Waals surface area contributed by atoms with E-state index in [9.17, 15) is 18.0 Å². The number of nitrogens with zero attached hydrogens (tertiary/aromatic N) is 4. The highest BCUT2D eigenvalue weighted by Crippen LogP contribution is 2.37. The molecule has 6 nitrogen and oxygen atoms in total. The van der Waals surface area contributed by atoms with Gasteiger partial charge >= 0.3 is 6.18 Å². The van der Waals surface area contributed by atoms with Crippen molar-refractivity contribution in [1.29, 1.82) is 0 Å². The summed E-state index contributed by atoms with van der Waals surface area (Å²) in [4.78, 5) is 24.8. The van der Waals surface area contributed by atoms with Gasteiger partial charge in [0.15, 0.2) is 0 Å². The van der Waals surface area contributed by atoms with Gasteiger partial charge in [0.1, 0.15) is 0 Å². The van der Waals surface area contributed by atoms with Crippen molar-refractivity contribution in [2.75, 3.05) is 45.2 Å². The maximum atomic E-state index is 13.8. The minimum atomic E-state index is -4.33. The van der Waals surface area contributed by atoms with Crippen molar-refractivity contribution in [2.45, 2.75) is 25.1 Å². The number of carbonyl (C=O) groups excluding carboxylic acids is 1.